The molecular weight excluding hydrogens is 294 g/mol. The zero-order valence-electron chi connectivity index (χ0n) is 13.2. The summed E-state index contributed by atoms with van der Waals surface area (Å²) in [5.74, 6) is 0.829. The second-order valence-electron chi connectivity index (χ2n) is 5.79. The summed E-state index contributed by atoms with van der Waals surface area (Å²) in [6.45, 7) is 3.77. The largest absolute Gasteiger partial charge is 0.337 e. The van der Waals surface area contributed by atoms with Crippen molar-refractivity contribution < 1.29 is 4.79 Å². The SMILES string of the molecule is Cn1ccnc1CN1CCCN(C(=O)c2ccc[nH]c2=O)CC1. The summed E-state index contributed by atoms with van der Waals surface area (Å²) in [6, 6.07) is 3.26. The Labute approximate surface area is 134 Å². The molecule has 122 valence electrons. The van der Waals surface area contributed by atoms with Gasteiger partial charge in [-0.1, -0.05) is 0 Å². The van der Waals surface area contributed by atoms with E-state index >= 15 is 0 Å². The second kappa shape index (κ2) is 6.78. The van der Waals surface area contributed by atoms with Crippen molar-refractivity contribution in [2.75, 3.05) is 26.2 Å². The number of H-pyrrole nitrogens is 1. The fourth-order valence-electron chi connectivity index (χ4n) is 2.84. The topological polar surface area (TPSA) is 74.2 Å². The van der Waals surface area contributed by atoms with Crippen molar-refractivity contribution >= 4 is 5.91 Å². The summed E-state index contributed by atoms with van der Waals surface area (Å²) in [7, 11) is 1.98. The van der Waals surface area contributed by atoms with Gasteiger partial charge in [-0.05, 0) is 18.6 Å². The maximum absolute atomic E-state index is 12.5. The number of pyridine rings is 1. The molecule has 1 aliphatic rings. The molecule has 0 radical (unpaired) electrons. The van der Waals surface area contributed by atoms with Crippen LogP contribution in [0.1, 0.15) is 22.6 Å². The summed E-state index contributed by atoms with van der Waals surface area (Å²) in [6.07, 6.45) is 6.16. The van der Waals surface area contributed by atoms with E-state index in [1.165, 1.54) is 6.20 Å². The summed E-state index contributed by atoms with van der Waals surface area (Å²) in [5.41, 5.74) is -0.114. The highest BCUT2D eigenvalue weighted by atomic mass is 16.2. The van der Waals surface area contributed by atoms with Gasteiger partial charge in [0.15, 0.2) is 0 Å². The lowest BCUT2D eigenvalue weighted by Gasteiger charge is -2.21. The van der Waals surface area contributed by atoms with Gasteiger partial charge in [0.2, 0.25) is 0 Å². The second-order valence-corrected chi connectivity index (χ2v) is 5.79. The average molecular weight is 315 g/mol. The molecule has 7 heteroatoms. The standard InChI is InChI=1S/C16H21N5O2/c1-19-9-6-17-14(19)12-20-7-3-8-21(11-10-20)16(23)13-4-2-5-18-15(13)22/h2,4-6,9H,3,7-8,10-12H2,1H3,(H,18,22). The van der Waals surface area contributed by atoms with Crippen LogP contribution in [-0.4, -0.2) is 56.4 Å². The number of amides is 1. The molecule has 1 N–H and O–H groups in total. The van der Waals surface area contributed by atoms with Gasteiger partial charge in [-0.15, -0.1) is 0 Å². The molecule has 7 nitrogen and oxygen atoms in total. The first-order valence-corrected chi connectivity index (χ1v) is 7.80. The Morgan fingerprint density at radius 2 is 2.17 bits per heavy atom. The Bertz CT molecular complexity index is 736. The molecular formula is C16H21N5O2. The number of nitrogens with zero attached hydrogens (tertiary/aromatic N) is 4. The van der Waals surface area contributed by atoms with Crippen LogP contribution in [0.2, 0.25) is 0 Å². The molecule has 1 amide bonds. The van der Waals surface area contributed by atoms with Gasteiger partial charge < -0.3 is 14.5 Å². The number of nitrogens with one attached hydrogen (secondary N) is 1. The number of carbonyl (C=O) groups excluding carboxylic acids is 1. The van der Waals surface area contributed by atoms with E-state index in [0.29, 0.717) is 13.1 Å². The van der Waals surface area contributed by atoms with Crippen molar-refractivity contribution in [2.24, 2.45) is 7.05 Å². The predicted octanol–water partition coefficient (Wildman–Crippen LogP) is 0.457. The van der Waals surface area contributed by atoms with Crippen molar-refractivity contribution in [1.29, 1.82) is 0 Å². The van der Waals surface area contributed by atoms with Gasteiger partial charge in [0.25, 0.3) is 11.5 Å². The van der Waals surface area contributed by atoms with Crippen molar-refractivity contribution in [1.82, 2.24) is 24.3 Å². The highest BCUT2D eigenvalue weighted by Crippen LogP contribution is 2.09. The van der Waals surface area contributed by atoms with Gasteiger partial charge in [-0.2, -0.15) is 0 Å². The number of hydrogen-bond acceptors (Lipinski definition) is 4. The molecule has 2 aromatic heterocycles. The molecule has 1 fully saturated rings. The minimum atomic E-state index is -0.327. The van der Waals surface area contributed by atoms with E-state index in [-0.39, 0.29) is 17.0 Å². The number of aromatic nitrogens is 3. The number of rotatable bonds is 3. The van der Waals surface area contributed by atoms with Crippen molar-refractivity contribution in [2.45, 2.75) is 13.0 Å². The van der Waals surface area contributed by atoms with Crippen molar-refractivity contribution in [3.05, 3.63) is 52.5 Å². The number of aryl methyl sites for hydroxylation is 1. The molecule has 0 aliphatic carbocycles. The fourth-order valence-corrected chi connectivity index (χ4v) is 2.84. The van der Waals surface area contributed by atoms with E-state index in [1.54, 1.807) is 23.2 Å². The van der Waals surface area contributed by atoms with E-state index in [1.807, 2.05) is 17.8 Å². The molecule has 23 heavy (non-hydrogen) atoms. The number of aromatic amines is 1. The summed E-state index contributed by atoms with van der Waals surface area (Å²) < 4.78 is 2.01. The average Bonchev–Trinajstić information content (AvgIpc) is 2.81. The third kappa shape index (κ3) is 3.50. The van der Waals surface area contributed by atoms with Crippen LogP contribution in [0.25, 0.3) is 0 Å². The molecule has 0 atom stereocenters. The van der Waals surface area contributed by atoms with Gasteiger partial charge in [0.05, 0.1) is 6.54 Å². The highest BCUT2D eigenvalue weighted by Gasteiger charge is 2.22. The molecule has 2 aromatic rings. The molecule has 1 saturated heterocycles. The van der Waals surface area contributed by atoms with Crippen LogP contribution in [-0.2, 0) is 13.6 Å². The Kier molecular flexibility index (Phi) is 4.57. The Morgan fingerprint density at radius 1 is 1.30 bits per heavy atom. The van der Waals surface area contributed by atoms with Crippen LogP contribution >= 0.6 is 0 Å². The van der Waals surface area contributed by atoms with Crippen molar-refractivity contribution in [3.63, 3.8) is 0 Å². The molecule has 0 bridgehead atoms. The van der Waals surface area contributed by atoms with Crippen LogP contribution in [0.4, 0.5) is 0 Å². The van der Waals surface area contributed by atoms with Crippen LogP contribution < -0.4 is 5.56 Å². The van der Waals surface area contributed by atoms with E-state index in [2.05, 4.69) is 14.9 Å². The summed E-state index contributed by atoms with van der Waals surface area (Å²) in [5, 5.41) is 0. The molecule has 0 spiro atoms. The fraction of sp³-hybridized carbons (Fsp3) is 0.438. The van der Waals surface area contributed by atoms with Gasteiger partial charge in [-0.25, -0.2) is 4.98 Å². The zero-order valence-corrected chi connectivity index (χ0v) is 13.2. The Morgan fingerprint density at radius 3 is 2.91 bits per heavy atom. The number of hydrogen-bond donors (Lipinski definition) is 1. The molecule has 0 aromatic carbocycles. The van der Waals surface area contributed by atoms with E-state index in [0.717, 1.165) is 31.9 Å². The Hall–Kier alpha value is -2.41. The van der Waals surface area contributed by atoms with Crippen LogP contribution in [0.5, 0.6) is 0 Å². The lowest BCUT2D eigenvalue weighted by Crippen LogP contribution is -2.37. The quantitative estimate of drug-likeness (QED) is 0.893. The Balaban J connectivity index is 1.64. The van der Waals surface area contributed by atoms with E-state index < -0.39 is 0 Å². The van der Waals surface area contributed by atoms with Gasteiger partial charge in [0.1, 0.15) is 11.4 Å². The maximum Gasteiger partial charge on any atom is 0.260 e. The maximum atomic E-state index is 12.5. The monoisotopic (exact) mass is 315 g/mol. The number of imidazole rings is 1. The molecule has 3 rings (SSSR count). The predicted molar refractivity (Wildman–Crippen MR) is 86.1 cm³/mol. The van der Waals surface area contributed by atoms with Crippen molar-refractivity contribution in [3.8, 4) is 0 Å². The smallest absolute Gasteiger partial charge is 0.260 e. The normalized spacial score (nSPS) is 16.3. The molecule has 0 saturated carbocycles. The summed E-state index contributed by atoms with van der Waals surface area (Å²) in [4.78, 5) is 35.3. The van der Waals surface area contributed by atoms with Gasteiger partial charge >= 0.3 is 0 Å². The lowest BCUT2D eigenvalue weighted by molar-refractivity contribution is 0.0759. The molecule has 1 aliphatic heterocycles. The minimum Gasteiger partial charge on any atom is -0.337 e. The molecule has 3 heterocycles. The minimum absolute atomic E-state index is 0.189. The lowest BCUT2D eigenvalue weighted by atomic mass is 10.2. The third-order valence-electron chi connectivity index (χ3n) is 4.21. The zero-order chi connectivity index (χ0) is 16.2. The molecule has 0 unspecified atom stereocenters. The highest BCUT2D eigenvalue weighted by molar-refractivity contribution is 5.93. The van der Waals surface area contributed by atoms with E-state index in [9.17, 15) is 9.59 Å². The first-order chi connectivity index (χ1) is 11.1. The first kappa shape index (κ1) is 15.5. The van der Waals surface area contributed by atoms with Gasteiger partial charge in [-0.3, -0.25) is 14.5 Å². The van der Waals surface area contributed by atoms with E-state index in [4.69, 9.17) is 0 Å². The first-order valence-electron chi connectivity index (χ1n) is 7.80. The summed E-state index contributed by atoms with van der Waals surface area (Å²) >= 11 is 0. The van der Waals surface area contributed by atoms with Crippen LogP contribution in [0.3, 0.4) is 0 Å². The number of carbonyl (C=O) groups is 1. The third-order valence-corrected chi connectivity index (χ3v) is 4.21. The van der Waals surface area contributed by atoms with Crippen LogP contribution in [0, 0.1) is 0 Å². The van der Waals surface area contributed by atoms with Gasteiger partial charge in [0, 0.05) is 51.8 Å². The van der Waals surface area contributed by atoms with Crippen LogP contribution in [0.15, 0.2) is 35.5 Å².